The number of piperazine rings is 1. The van der Waals surface area contributed by atoms with Gasteiger partial charge in [-0.2, -0.15) is 0 Å². The average Bonchev–Trinajstić information content (AvgIpc) is 3.46. The van der Waals surface area contributed by atoms with Gasteiger partial charge in [-0.25, -0.2) is 15.0 Å². The maximum atomic E-state index is 5.84. The van der Waals surface area contributed by atoms with E-state index in [2.05, 4.69) is 43.3 Å². The molecule has 1 aromatic carbocycles. The van der Waals surface area contributed by atoms with Gasteiger partial charge >= 0.3 is 0 Å². The Morgan fingerprint density at radius 1 is 1.11 bits per heavy atom. The second kappa shape index (κ2) is 9.77. The number of fused-ring (bicyclic) bond motifs is 3. The van der Waals surface area contributed by atoms with Crippen LogP contribution in [0.15, 0.2) is 49.1 Å². The van der Waals surface area contributed by atoms with E-state index in [1.165, 1.54) is 0 Å². The van der Waals surface area contributed by atoms with E-state index in [0.29, 0.717) is 11.9 Å². The SMILES string of the molecule is COc1cc(Nc2nc(-c3cnc4c(c3)CCCO4)cn3ccnc23)ccc1N1CCN2CCOC[C@@H]2C1. The highest BCUT2D eigenvalue weighted by Crippen LogP contribution is 2.35. The summed E-state index contributed by atoms with van der Waals surface area (Å²) in [5, 5.41) is 3.49. The van der Waals surface area contributed by atoms with Crippen LogP contribution in [0.4, 0.5) is 17.2 Å². The highest BCUT2D eigenvalue weighted by Gasteiger charge is 2.30. The first-order chi connectivity index (χ1) is 18.7. The third kappa shape index (κ3) is 4.29. The van der Waals surface area contributed by atoms with Gasteiger partial charge in [-0.1, -0.05) is 0 Å². The second-order valence-corrected chi connectivity index (χ2v) is 10.00. The molecule has 10 heteroatoms. The van der Waals surface area contributed by atoms with Crippen LogP contribution < -0.4 is 19.7 Å². The van der Waals surface area contributed by atoms with Gasteiger partial charge in [-0.15, -0.1) is 0 Å². The number of aryl methyl sites for hydroxylation is 1. The minimum Gasteiger partial charge on any atom is -0.495 e. The van der Waals surface area contributed by atoms with E-state index in [0.717, 1.165) is 104 Å². The molecule has 0 bridgehead atoms. The Balaban J connectivity index is 1.18. The molecule has 196 valence electrons. The predicted octanol–water partition coefficient (Wildman–Crippen LogP) is 3.39. The molecule has 38 heavy (non-hydrogen) atoms. The van der Waals surface area contributed by atoms with Crippen molar-refractivity contribution in [3.8, 4) is 22.9 Å². The van der Waals surface area contributed by atoms with Crippen LogP contribution in [-0.4, -0.2) is 83.4 Å². The summed E-state index contributed by atoms with van der Waals surface area (Å²) in [4.78, 5) is 19.0. The summed E-state index contributed by atoms with van der Waals surface area (Å²) in [6.45, 7) is 6.29. The van der Waals surface area contributed by atoms with Crippen molar-refractivity contribution in [3.63, 3.8) is 0 Å². The van der Waals surface area contributed by atoms with Crippen molar-refractivity contribution >= 4 is 22.8 Å². The number of imidazole rings is 1. The number of nitrogens with one attached hydrogen (secondary N) is 1. The summed E-state index contributed by atoms with van der Waals surface area (Å²) in [5.41, 5.74) is 5.62. The molecule has 4 aromatic rings. The molecule has 0 unspecified atom stereocenters. The largest absolute Gasteiger partial charge is 0.495 e. The standard InChI is InChI=1S/C28H31N7O3/c1-36-25-14-21(4-5-24(25)34-9-8-33-10-12-37-18-22(33)16-34)31-26-27-29-6-7-35(27)17-23(32-26)20-13-19-3-2-11-38-28(19)30-15-20/h4-7,13-15,17,22H,2-3,8-12,16,18H2,1H3,(H,31,32)/t22-/m0/s1. The highest BCUT2D eigenvalue weighted by atomic mass is 16.5. The van der Waals surface area contributed by atoms with E-state index in [-0.39, 0.29) is 0 Å². The molecule has 0 saturated carbocycles. The predicted molar refractivity (Wildman–Crippen MR) is 145 cm³/mol. The summed E-state index contributed by atoms with van der Waals surface area (Å²) in [7, 11) is 1.72. The van der Waals surface area contributed by atoms with E-state index in [1.807, 2.05) is 29.1 Å². The maximum Gasteiger partial charge on any atom is 0.216 e. The zero-order chi connectivity index (χ0) is 25.5. The first-order valence-electron chi connectivity index (χ1n) is 13.2. The lowest BCUT2D eigenvalue weighted by atomic mass is 10.1. The van der Waals surface area contributed by atoms with E-state index in [9.17, 15) is 0 Å². The van der Waals surface area contributed by atoms with Gasteiger partial charge in [0.1, 0.15) is 5.75 Å². The first kappa shape index (κ1) is 23.2. The molecule has 0 spiro atoms. The number of hydrogen-bond acceptors (Lipinski definition) is 9. The van der Waals surface area contributed by atoms with Gasteiger partial charge in [0.25, 0.3) is 0 Å². The van der Waals surface area contributed by atoms with E-state index >= 15 is 0 Å². The number of morpholine rings is 1. The second-order valence-electron chi connectivity index (χ2n) is 10.00. The van der Waals surface area contributed by atoms with Crippen molar-refractivity contribution in [2.45, 2.75) is 18.9 Å². The molecular formula is C28H31N7O3. The Hall–Kier alpha value is -3.89. The number of aromatic nitrogens is 4. The monoisotopic (exact) mass is 513 g/mol. The lowest BCUT2D eigenvalue weighted by Crippen LogP contribution is -2.58. The van der Waals surface area contributed by atoms with Crippen LogP contribution in [0.1, 0.15) is 12.0 Å². The van der Waals surface area contributed by atoms with Crippen LogP contribution in [0.25, 0.3) is 16.9 Å². The molecule has 10 nitrogen and oxygen atoms in total. The number of ether oxygens (including phenoxy) is 3. The normalized spacial score (nSPS) is 19.5. The number of pyridine rings is 1. The Morgan fingerprint density at radius 2 is 2.08 bits per heavy atom. The zero-order valence-corrected chi connectivity index (χ0v) is 21.5. The van der Waals surface area contributed by atoms with Gasteiger partial charge < -0.3 is 28.8 Å². The van der Waals surface area contributed by atoms with Gasteiger partial charge in [0, 0.05) is 73.8 Å². The number of benzene rings is 1. The smallest absolute Gasteiger partial charge is 0.216 e. The number of hydrogen-bond donors (Lipinski definition) is 1. The molecule has 3 aliphatic heterocycles. The number of methoxy groups -OCH3 is 1. The van der Waals surface area contributed by atoms with Crippen LogP contribution in [0.2, 0.25) is 0 Å². The molecule has 2 fully saturated rings. The van der Waals surface area contributed by atoms with Crippen molar-refractivity contribution in [2.75, 3.05) is 63.3 Å². The molecule has 0 aliphatic carbocycles. The molecular weight excluding hydrogens is 482 g/mol. The molecule has 1 N–H and O–H groups in total. The Labute approximate surface area is 221 Å². The molecule has 1 atom stereocenters. The van der Waals surface area contributed by atoms with Gasteiger partial charge in [-0.05, 0) is 31.0 Å². The van der Waals surface area contributed by atoms with Crippen LogP contribution in [0.5, 0.6) is 11.6 Å². The van der Waals surface area contributed by atoms with E-state index < -0.39 is 0 Å². The molecule has 6 heterocycles. The van der Waals surface area contributed by atoms with E-state index in [4.69, 9.17) is 19.2 Å². The molecule has 3 aromatic heterocycles. The highest BCUT2D eigenvalue weighted by molar-refractivity contribution is 5.76. The van der Waals surface area contributed by atoms with Gasteiger partial charge in [0.15, 0.2) is 11.5 Å². The van der Waals surface area contributed by atoms with E-state index in [1.54, 1.807) is 13.3 Å². The fourth-order valence-corrected chi connectivity index (χ4v) is 5.65. The van der Waals surface area contributed by atoms with Crippen LogP contribution in [-0.2, 0) is 11.2 Å². The van der Waals surface area contributed by atoms with Crippen molar-refractivity contribution in [1.82, 2.24) is 24.3 Å². The van der Waals surface area contributed by atoms with Crippen LogP contribution in [0, 0.1) is 0 Å². The summed E-state index contributed by atoms with van der Waals surface area (Å²) < 4.78 is 19.2. The molecule has 7 rings (SSSR count). The van der Waals surface area contributed by atoms with Crippen molar-refractivity contribution in [2.24, 2.45) is 0 Å². The maximum absolute atomic E-state index is 5.84. The zero-order valence-electron chi connectivity index (χ0n) is 21.5. The molecule has 3 aliphatic rings. The van der Waals surface area contributed by atoms with Crippen molar-refractivity contribution in [3.05, 3.63) is 54.6 Å². The average molecular weight is 514 g/mol. The number of anilines is 3. The fraction of sp³-hybridized carbons (Fsp3) is 0.393. The van der Waals surface area contributed by atoms with Gasteiger partial charge in [0.05, 0.1) is 44.4 Å². The van der Waals surface area contributed by atoms with Crippen LogP contribution >= 0.6 is 0 Å². The summed E-state index contributed by atoms with van der Waals surface area (Å²) in [5.74, 6) is 2.23. The number of rotatable bonds is 5. The van der Waals surface area contributed by atoms with Crippen molar-refractivity contribution in [1.29, 1.82) is 0 Å². The molecule has 0 amide bonds. The fourth-order valence-electron chi connectivity index (χ4n) is 5.65. The van der Waals surface area contributed by atoms with Gasteiger partial charge in [-0.3, -0.25) is 4.90 Å². The lowest BCUT2D eigenvalue weighted by molar-refractivity contribution is -0.0117. The quantitative estimate of drug-likeness (QED) is 0.431. The van der Waals surface area contributed by atoms with Crippen LogP contribution in [0.3, 0.4) is 0 Å². The third-order valence-electron chi connectivity index (χ3n) is 7.65. The van der Waals surface area contributed by atoms with Gasteiger partial charge in [0.2, 0.25) is 5.88 Å². The topological polar surface area (TPSA) is 89.3 Å². The Bertz CT molecular complexity index is 1470. The third-order valence-corrected chi connectivity index (χ3v) is 7.65. The Morgan fingerprint density at radius 3 is 3.03 bits per heavy atom. The Kier molecular flexibility index (Phi) is 5.98. The number of nitrogens with zero attached hydrogens (tertiary/aromatic N) is 6. The summed E-state index contributed by atoms with van der Waals surface area (Å²) in [6, 6.07) is 8.79. The molecule has 0 radical (unpaired) electrons. The summed E-state index contributed by atoms with van der Waals surface area (Å²) in [6.07, 6.45) is 9.49. The lowest BCUT2D eigenvalue weighted by Gasteiger charge is -2.44. The first-order valence-corrected chi connectivity index (χ1v) is 13.2. The minimum atomic E-state index is 0.422. The summed E-state index contributed by atoms with van der Waals surface area (Å²) >= 11 is 0. The molecule has 2 saturated heterocycles. The van der Waals surface area contributed by atoms with Crippen molar-refractivity contribution < 1.29 is 14.2 Å². The minimum absolute atomic E-state index is 0.422.